The van der Waals surface area contributed by atoms with Gasteiger partial charge in [0.2, 0.25) is 5.95 Å². The van der Waals surface area contributed by atoms with Gasteiger partial charge in [-0.15, -0.1) is 0 Å². The Morgan fingerprint density at radius 2 is 1.14 bits per heavy atom. The highest BCUT2D eigenvalue weighted by atomic mass is 35.5. The van der Waals surface area contributed by atoms with Gasteiger partial charge < -0.3 is 10.1 Å². The molecule has 0 amide bonds. The van der Waals surface area contributed by atoms with Gasteiger partial charge in [0.05, 0.1) is 24.2 Å². The average Bonchev–Trinajstić information content (AvgIpc) is 3.04. The van der Waals surface area contributed by atoms with Crippen molar-refractivity contribution >= 4 is 46.4 Å². The maximum Gasteiger partial charge on any atom is 0.355 e. The highest BCUT2D eigenvalue weighted by Crippen LogP contribution is 2.29. The number of ether oxygens (including phenoxy) is 1. The van der Waals surface area contributed by atoms with Crippen molar-refractivity contribution in [2.75, 3.05) is 5.32 Å². The maximum absolute atomic E-state index is 13.1. The number of halogens is 3. The Morgan fingerprint density at radius 1 is 0.667 bits per heavy atom. The molecule has 15 heteroatoms. The van der Waals surface area contributed by atoms with Crippen molar-refractivity contribution in [3.05, 3.63) is 141 Å². The summed E-state index contributed by atoms with van der Waals surface area (Å²) < 4.78 is 10.8. The first-order valence-corrected chi connectivity index (χ1v) is 17.3. The summed E-state index contributed by atoms with van der Waals surface area (Å²) >= 11 is 18.1. The standard InChI is InChI=1S/C22H24Cl2N4O3.C14H16ClN3O2/c1-13(2)28-21(29)26-20(25-17-9-10-19(18(24)11-17)31-14(3)4)27(22(28)30)12-15-5-7-16(23)8-6-15;1-9(2)18-13(19)16-10(3)17(14(18)20)8-11-4-6-12(15)7-5-11/h5-11,13-14H,12H2,1-4H3,(H,25,26,29);4-7,9H,8H2,1-3H3. The predicted octanol–water partition coefficient (Wildman–Crippen LogP) is 6.87. The number of nitrogens with zero attached hydrogens (tertiary/aromatic N) is 6. The minimum atomic E-state index is -0.624. The normalized spacial score (nSPS) is 11.2. The molecule has 0 saturated heterocycles. The van der Waals surface area contributed by atoms with Crippen LogP contribution in [0.25, 0.3) is 0 Å². The van der Waals surface area contributed by atoms with E-state index in [0.717, 1.165) is 20.3 Å². The van der Waals surface area contributed by atoms with Crippen LogP contribution in [0.2, 0.25) is 15.1 Å². The van der Waals surface area contributed by atoms with Gasteiger partial charge in [-0.1, -0.05) is 59.1 Å². The number of nitrogens with one attached hydrogen (secondary N) is 1. The third-order valence-corrected chi connectivity index (χ3v) is 8.28. The molecule has 2 aromatic heterocycles. The largest absolute Gasteiger partial charge is 0.489 e. The van der Waals surface area contributed by atoms with Crippen LogP contribution >= 0.6 is 34.8 Å². The fraction of sp³-hybridized carbons (Fsp3) is 0.333. The van der Waals surface area contributed by atoms with Crippen LogP contribution in [0.3, 0.4) is 0 Å². The molecule has 270 valence electrons. The molecule has 51 heavy (non-hydrogen) atoms. The van der Waals surface area contributed by atoms with E-state index < -0.39 is 17.1 Å². The second-order valence-corrected chi connectivity index (χ2v) is 13.8. The molecule has 0 saturated carbocycles. The Morgan fingerprint density at radius 3 is 1.61 bits per heavy atom. The molecule has 1 N–H and O–H groups in total. The monoisotopic (exact) mass is 755 g/mol. The molecule has 0 radical (unpaired) electrons. The topological polar surface area (TPSA) is 135 Å². The third kappa shape index (κ3) is 9.99. The lowest BCUT2D eigenvalue weighted by Crippen LogP contribution is -2.43. The summed E-state index contributed by atoms with van der Waals surface area (Å²) in [6, 6.07) is 18.9. The van der Waals surface area contributed by atoms with Crippen LogP contribution in [-0.2, 0) is 13.1 Å². The van der Waals surface area contributed by atoms with Gasteiger partial charge in [-0.05, 0) is 102 Å². The van der Waals surface area contributed by atoms with Gasteiger partial charge in [-0.3, -0.25) is 9.13 Å². The fourth-order valence-corrected chi connectivity index (χ4v) is 5.49. The van der Waals surface area contributed by atoms with Crippen LogP contribution < -0.4 is 32.8 Å². The minimum Gasteiger partial charge on any atom is -0.489 e. The third-order valence-electron chi connectivity index (χ3n) is 7.48. The van der Waals surface area contributed by atoms with Crippen LogP contribution in [0, 0.1) is 6.92 Å². The van der Waals surface area contributed by atoms with Crippen LogP contribution in [0.15, 0.2) is 85.9 Å². The van der Waals surface area contributed by atoms with Crippen molar-refractivity contribution in [2.24, 2.45) is 0 Å². The highest BCUT2D eigenvalue weighted by molar-refractivity contribution is 6.32. The van der Waals surface area contributed by atoms with Crippen LogP contribution in [0.4, 0.5) is 11.6 Å². The molecule has 0 fully saturated rings. The SMILES string of the molecule is CC(C)Oc1ccc(Nc2nc(=O)n(C(C)C)c(=O)n2Cc2ccc(Cl)cc2)cc1Cl.Cc1nc(=O)n(C(C)C)c(=O)n1Cc1ccc(Cl)cc1. The number of aryl methyl sites for hydroxylation is 1. The molecule has 2 heterocycles. The molecule has 0 aliphatic heterocycles. The Kier molecular flexibility index (Phi) is 13.1. The first-order chi connectivity index (χ1) is 24.0. The molecule has 0 bridgehead atoms. The van der Waals surface area contributed by atoms with Gasteiger partial charge >= 0.3 is 22.8 Å². The van der Waals surface area contributed by atoms with Gasteiger partial charge in [0.1, 0.15) is 11.6 Å². The van der Waals surface area contributed by atoms with Gasteiger partial charge in [-0.25, -0.2) is 28.3 Å². The average molecular weight is 757 g/mol. The zero-order valence-corrected chi connectivity index (χ0v) is 31.6. The first-order valence-electron chi connectivity index (χ1n) is 16.2. The number of benzene rings is 3. The lowest BCUT2D eigenvalue weighted by Gasteiger charge is -2.18. The fourth-order valence-electron chi connectivity index (χ4n) is 5.02. The van der Waals surface area contributed by atoms with E-state index in [-0.39, 0.29) is 36.4 Å². The molecule has 5 rings (SSSR count). The van der Waals surface area contributed by atoms with Crippen LogP contribution in [0.1, 0.15) is 70.6 Å². The van der Waals surface area contributed by atoms with Crippen molar-refractivity contribution < 1.29 is 4.74 Å². The lowest BCUT2D eigenvalue weighted by molar-refractivity contribution is 0.242. The van der Waals surface area contributed by atoms with E-state index in [4.69, 9.17) is 39.5 Å². The zero-order valence-electron chi connectivity index (χ0n) is 29.4. The number of aromatic nitrogens is 6. The Balaban J connectivity index is 0.000000251. The summed E-state index contributed by atoms with van der Waals surface area (Å²) in [5.41, 5.74) is 0.403. The van der Waals surface area contributed by atoms with Gasteiger partial charge in [0.25, 0.3) is 0 Å². The zero-order chi connectivity index (χ0) is 37.6. The summed E-state index contributed by atoms with van der Waals surface area (Å²) in [5.74, 6) is 1.08. The molecule has 0 unspecified atom stereocenters. The van der Waals surface area contributed by atoms with Crippen LogP contribution in [-0.4, -0.2) is 34.3 Å². The van der Waals surface area contributed by atoms with E-state index in [1.54, 1.807) is 77.1 Å². The maximum atomic E-state index is 13.1. The van der Waals surface area contributed by atoms with Crippen molar-refractivity contribution in [3.8, 4) is 5.75 Å². The van der Waals surface area contributed by atoms with Gasteiger partial charge in [-0.2, -0.15) is 9.97 Å². The van der Waals surface area contributed by atoms with E-state index in [2.05, 4.69) is 15.3 Å². The van der Waals surface area contributed by atoms with E-state index in [0.29, 0.717) is 38.9 Å². The van der Waals surface area contributed by atoms with E-state index in [1.165, 1.54) is 9.13 Å². The number of anilines is 2. The molecular weight excluding hydrogens is 717 g/mol. The smallest absolute Gasteiger partial charge is 0.355 e. The number of hydrogen-bond donors (Lipinski definition) is 1. The van der Waals surface area contributed by atoms with Crippen molar-refractivity contribution in [1.29, 1.82) is 0 Å². The molecule has 3 aromatic carbocycles. The van der Waals surface area contributed by atoms with Gasteiger partial charge in [0, 0.05) is 27.8 Å². The molecule has 0 aliphatic rings. The van der Waals surface area contributed by atoms with Gasteiger partial charge in [0.15, 0.2) is 0 Å². The summed E-state index contributed by atoms with van der Waals surface area (Å²) in [6.45, 7) is 13.1. The first kappa shape index (κ1) is 39.1. The van der Waals surface area contributed by atoms with E-state index >= 15 is 0 Å². The summed E-state index contributed by atoms with van der Waals surface area (Å²) in [7, 11) is 0. The lowest BCUT2D eigenvalue weighted by atomic mass is 10.2. The number of rotatable bonds is 10. The van der Waals surface area contributed by atoms with Crippen LogP contribution in [0.5, 0.6) is 5.75 Å². The summed E-state index contributed by atoms with van der Waals surface area (Å²) in [4.78, 5) is 57.8. The molecular formula is C36H40Cl3N7O5. The van der Waals surface area contributed by atoms with Crippen molar-refractivity contribution in [3.63, 3.8) is 0 Å². The summed E-state index contributed by atoms with van der Waals surface area (Å²) in [6.07, 6.45) is -0.0221. The minimum absolute atomic E-state index is 0.0221. The second kappa shape index (κ2) is 17.0. The van der Waals surface area contributed by atoms with E-state index in [9.17, 15) is 19.2 Å². The molecule has 12 nitrogen and oxygen atoms in total. The second-order valence-electron chi connectivity index (χ2n) is 12.5. The Bertz CT molecular complexity index is 2220. The quantitative estimate of drug-likeness (QED) is 0.163. The predicted molar refractivity (Wildman–Crippen MR) is 203 cm³/mol. The Labute approximate surface area is 309 Å². The highest BCUT2D eigenvalue weighted by Gasteiger charge is 2.17. The molecule has 0 aliphatic carbocycles. The molecule has 5 aromatic rings. The van der Waals surface area contributed by atoms with Crippen molar-refractivity contribution in [2.45, 2.75) is 79.7 Å². The molecule has 0 spiro atoms. The number of hydrogen-bond acceptors (Lipinski definition) is 8. The molecule has 0 atom stereocenters. The van der Waals surface area contributed by atoms with Crippen molar-refractivity contribution in [1.82, 2.24) is 28.2 Å². The Hall–Kier alpha value is -4.65. The summed E-state index contributed by atoms with van der Waals surface area (Å²) in [5, 5.41) is 4.69. The van der Waals surface area contributed by atoms with E-state index in [1.807, 2.05) is 38.1 Å².